The first-order chi connectivity index (χ1) is 13.8. The molecule has 1 atom stereocenters. The monoisotopic (exact) mass is 444 g/mol. The van der Waals surface area contributed by atoms with Crippen molar-refractivity contribution in [2.75, 3.05) is 88.3 Å². The summed E-state index contributed by atoms with van der Waals surface area (Å²) in [7, 11) is 12.5. The average molecular weight is 445 g/mol. The molecule has 0 spiro atoms. The predicted molar refractivity (Wildman–Crippen MR) is 143 cm³/mol. The first-order valence-electron chi connectivity index (χ1n) is 11.8. The van der Waals surface area contributed by atoms with E-state index in [1.807, 2.05) is 14.1 Å². The molecule has 0 amide bonds. The highest BCUT2D eigenvalue weighted by Crippen LogP contribution is 2.44. The Balaban J connectivity index is 0. The smallest absolute Gasteiger partial charge is 0.000207 e. The van der Waals surface area contributed by atoms with Gasteiger partial charge in [-0.05, 0) is 132 Å². The van der Waals surface area contributed by atoms with Gasteiger partial charge in [0.1, 0.15) is 0 Å². The molecular formula is C25H57N4P. The van der Waals surface area contributed by atoms with Crippen molar-refractivity contribution in [3.63, 3.8) is 0 Å². The summed E-state index contributed by atoms with van der Waals surface area (Å²) >= 11 is 0. The van der Waals surface area contributed by atoms with Crippen molar-refractivity contribution in [1.82, 2.24) is 20.0 Å². The van der Waals surface area contributed by atoms with Crippen LogP contribution in [0.5, 0.6) is 0 Å². The molecule has 5 heteroatoms. The lowest BCUT2D eigenvalue weighted by Crippen LogP contribution is -2.31. The fourth-order valence-electron chi connectivity index (χ4n) is 3.52. The standard InChI is InChI=1S/C23H50N3P.C2H7N/c1-21(22(27(9)10)20-23(2,3)4)14-11-17-26(18-12-15-24(5)6)19-13-16-25(7)8;1-3-2/h22H,1,11-20H2,2-10H3;3H,1-2H3. The summed E-state index contributed by atoms with van der Waals surface area (Å²) in [5.41, 5.74) is 2.61. The highest BCUT2D eigenvalue weighted by Gasteiger charge is 2.23. The third-order valence-electron chi connectivity index (χ3n) is 5.03. The van der Waals surface area contributed by atoms with Crippen molar-refractivity contribution in [2.24, 2.45) is 5.41 Å². The lowest BCUT2D eigenvalue weighted by molar-refractivity contribution is 0.238. The maximum atomic E-state index is 4.51. The molecule has 0 fully saturated rings. The third-order valence-corrected chi connectivity index (χ3v) is 6.83. The second kappa shape index (κ2) is 18.6. The van der Waals surface area contributed by atoms with Crippen LogP contribution in [0.3, 0.4) is 0 Å². The van der Waals surface area contributed by atoms with Crippen LogP contribution in [0.4, 0.5) is 0 Å². The molecule has 0 rings (SSSR count). The molecule has 0 saturated carbocycles. The molecule has 182 valence electrons. The molecule has 0 aromatic rings. The van der Waals surface area contributed by atoms with Gasteiger partial charge in [0.15, 0.2) is 0 Å². The van der Waals surface area contributed by atoms with Crippen LogP contribution in [0.2, 0.25) is 0 Å². The van der Waals surface area contributed by atoms with Crippen molar-refractivity contribution in [2.45, 2.75) is 58.5 Å². The Kier molecular flexibility index (Phi) is 19.9. The van der Waals surface area contributed by atoms with Crippen LogP contribution in [0.15, 0.2) is 12.2 Å². The third kappa shape index (κ3) is 21.2. The normalized spacial score (nSPS) is 13.2. The Hall–Kier alpha value is 0.0100. The van der Waals surface area contributed by atoms with E-state index in [9.17, 15) is 0 Å². The molecule has 0 aromatic carbocycles. The molecule has 0 saturated heterocycles. The van der Waals surface area contributed by atoms with Crippen molar-refractivity contribution >= 4 is 7.92 Å². The van der Waals surface area contributed by atoms with E-state index in [0.717, 1.165) is 5.66 Å². The zero-order chi connectivity index (χ0) is 23.7. The van der Waals surface area contributed by atoms with E-state index in [1.165, 1.54) is 70.4 Å². The largest absolute Gasteiger partial charge is 0.323 e. The molecule has 1 unspecified atom stereocenters. The minimum absolute atomic E-state index is 0.0429. The molecule has 0 bridgehead atoms. The van der Waals surface area contributed by atoms with Gasteiger partial charge in [-0.3, -0.25) is 0 Å². The van der Waals surface area contributed by atoms with E-state index in [2.05, 4.69) is 88.9 Å². The highest BCUT2D eigenvalue weighted by molar-refractivity contribution is 7.57. The SMILES string of the molecule is C=C(CCCN(CCCN(C)C)CCCN(C)C)C(CC(C)(C)C)P(C)C.CNC. The Labute approximate surface area is 192 Å². The second-order valence-electron chi connectivity index (χ2n) is 10.7. The Bertz CT molecular complexity index is 388. The summed E-state index contributed by atoms with van der Waals surface area (Å²) in [5.74, 6) is 0. The maximum absolute atomic E-state index is 4.51. The van der Waals surface area contributed by atoms with Gasteiger partial charge in [-0.2, -0.15) is 0 Å². The number of hydrogen-bond donors (Lipinski definition) is 1. The number of hydrogen-bond acceptors (Lipinski definition) is 4. The van der Waals surface area contributed by atoms with Gasteiger partial charge < -0.3 is 20.0 Å². The van der Waals surface area contributed by atoms with Gasteiger partial charge in [-0.1, -0.05) is 32.9 Å². The summed E-state index contributed by atoms with van der Waals surface area (Å²) in [4.78, 5) is 7.27. The highest BCUT2D eigenvalue weighted by atomic mass is 31.1. The second-order valence-corrected chi connectivity index (χ2v) is 13.2. The molecule has 30 heavy (non-hydrogen) atoms. The molecule has 4 nitrogen and oxygen atoms in total. The van der Waals surface area contributed by atoms with E-state index in [1.54, 1.807) is 0 Å². The Morgan fingerprint density at radius 2 is 1.23 bits per heavy atom. The van der Waals surface area contributed by atoms with Gasteiger partial charge >= 0.3 is 0 Å². The quantitative estimate of drug-likeness (QED) is 0.286. The first kappa shape index (κ1) is 32.2. The van der Waals surface area contributed by atoms with Gasteiger partial charge in [0.25, 0.3) is 0 Å². The van der Waals surface area contributed by atoms with Gasteiger partial charge in [0.2, 0.25) is 0 Å². The summed E-state index contributed by atoms with van der Waals surface area (Å²) < 4.78 is 0. The van der Waals surface area contributed by atoms with Crippen molar-refractivity contribution in [3.8, 4) is 0 Å². The summed E-state index contributed by atoms with van der Waals surface area (Å²) in [5, 5.41) is 2.75. The van der Waals surface area contributed by atoms with E-state index in [4.69, 9.17) is 0 Å². The minimum Gasteiger partial charge on any atom is -0.323 e. The fourth-order valence-corrected chi connectivity index (χ4v) is 5.30. The number of nitrogens with zero attached hydrogens (tertiary/aromatic N) is 3. The van der Waals surface area contributed by atoms with E-state index < -0.39 is 0 Å². The van der Waals surface area contributed by atoms with Crippen LogP contribution in [-0.4, -0.2) is 109 Å². The van der Waals surface area contributed by atoms with Crippen molar-refractivity contribution < 1.29 is 0 Å². The van der Waals surface area contributed by atoms with E-state index in [0.29, 0.717) is 5.41 Å². The average Bonchev–Trinajstić information content (AvgIpc) is 2.58. The Morgan fingerprint density at radius 3 is 1.57 bits per heavy atom. The lowest BCUT2D eigenvalue weighted by Gasteiger charge is -2.31. The molecule has 0 aliphatic heterocycles. The zero-order valence-corrected chi connectivity index (χ0v) is 23.5. The first-order valence-corrected chi connectivity index (χ1v) is 14.1. The molecular weight excluding hydrogens is 387 g/mol. The molecule has 0 aliphatic carbocycles. The molecule has 1 N–H and O–H groups in total. The number of rotatable bonds is 15. The van der Waals surface area contributed by atoms with Crippen LogP contribution >= 0.6 is 7.92 Å². The predicted octanol–water partition coefficient (Wildman–Crippen LogP) is 4.91. The van der Waals surface area contributed by atoms with E-state index in [-0.39, 0.29) is 7.92 Å². The molecule has 0 heterocycles. The van der Waals surface area contributed by atoms with Crippen LogP contribution in [-0.2, 0) is 0 Å². The number of nitrogens with one attached hydrogen (secondary N) is 1. The molecule has 0 aromatic heterocycles. The maximum Gasteiger partial charge on any atom is -0.000207 e. The van der Waals surface area contributed by atoms with Crippen molar-refractivity contribution in [1.29, 1.82) is 0 Å². The zero-order valence-electron chi connectivity index (χ0n) is 22.6. The topological polar surface area (TPSA) is 21.8 Å². The summed E-state index contributed by atoms with van der Waals surface area (Å²) in [6, 6.07) is 0. The molecule has 0 radical (unpaired) electrons. The van der Waals surface area contributed by atoms with Crippen LogP contribution < -0.4 is 5.32 Å². The van der Waals surface area contributed by atoms with Gasteiger partial charge in [0.05, 0.1) is 0 Å². The lowest BCUT2D eigenvalue weighted by atomic mass is 9.87. The van der Waals surface area contributed by atoms with Crippen LogP contribution in [0, 0.1) is 5.41 Å². The minimum atomic E-state index is 0.0429. The van der Waals surface area contributed by atoms with Gasteiger partial charge in [-0.25, -0.2) is 0 Å². The van der Waals surface area contributed by atoms with Crippen molar-refractivity contribution in [3.05, 3.63) is 12.2 Å². The fraction of sp³-hybridized carbons (Fsp3) is 0.920. The van der Waals surface area contributed by atoms with Gasteiger partial charge in [0, 0.05) is 0 Å². The number of allylic oxidation sites excluding steroid dienone is 1. The van der Waals surface area contributed by atoms with Crippen LogP contribution in [0.25, 0.3) is 0 Å². The summed E-state index contributed by atoms with van der Waals surface area (Å²) in [6.45, 7) is 22.5. The Morgan fingerprint density at radius 1 is 0.833 bits per heavy atom. The van der Waals surface area contributed by atoms with Crippen LogP contribution in [0.1, 0.15) is 52.9 Å². The van der Waals surface area contributed by atoms with E-state index >= 15 is 0 Å². The van der Waals surface area contributed by atoms with Gasteiger partial charge in [-0.15, -0.1) is 7.92 Å². The molecule has 0 aliphatic rings. The summed E-state index contributed by atoms with van der Waals surface area (Å²) in [6.07, 6.45) is 6.25.